The summed E-state index contributed by atoms with van der Waals surface area (Å²) in [6.07, 6.45) is 3.87. The van der Waals surface area contributed by atoms with E-state index in [1.165, 1.54) is 23.0 Å². The fourth-order valence-electron chi connectivity index (χ4n) is 5.49. The number of thiazole rings is 1. The van der Waals surface area contributed by atoms with E-state index in [0.29, 0.717) is 48.4 Å². The van der Waals surface area contributed by atoms with Crippen LogP contribution in [0.15, 0.2) is 54.2 Å². The van der Waals surface area contributed by atoms with Crippen molar-refractivity contribution in [3.63, 3.8) is 0 Å². The summed E-state index contributed by atoms with van der Waals surface area (Å²) in [6.45, 7) is 5.51. The molecule has 0 bridgehead atoms. The van der Waals surface area contributed by atoms with Gasteiger partial charge < -0.3 is 28.4 Å². The molecule has 1 fully saturated rings. The van der Waals surface area contributed by atoms with Crippen LogP contribution in [0.2, 0.25) is 0 Å². The van der Waals surface area contributed by atoms with Gasteiger partial charge in [-0.05, 0) is 64.5 Å². The van der Waals surface area contributed by atoms with Crippen molar-refractivity contribution >= 4 is 45.2 Å². The highest BCUT2D eigenvalue weighted by Crippen LogP contribution is 2.40. The zero-order chi connectivity index (χ0) is 30.1. The third kappa shape index (κ3) is 5.67. The molecule has 2 aliphatic rings. The standard InChI is InChI=1S/C30H35BrN4O6S/c1-7-40-29(37)26-17(2)32-30-35(27(26)20-15-22(38-5)23(39-6)16-21(20)31)28(36)24(42-30)14-19-8-9-25(41-19)34-12-10-18(11-13-34)33(3)4/h8-9,14-16,18,27H,7,10-13H2,1-6H3/b24-14-/t27-/m1/s1. The van der Waals surface area contributed by atoms with E-state index in [0.717, 1.165) is 31.8 Å². The summed E-state index contributed by atoms with van der Waals surface area (Å²) in [6, 6.07) is 7.12. The number of hydrogen-bond acceptors (Lipinski definition) is 10. The minimum atomic E-state index is -0.804. The second kappa shape index (κ2) is 12.5. The van der Waals surface area contributed by atoms with E-state index in [2.05, 4.69) is 44.8 Å². The fourth-order valence-corrected chi connectivity index (χ4v) is 7.05. The van der Waals surface area contributed by atoms with Gasteiger partial charge in [0.25, 0.3) is 5.56 Å². The Hall–Kier alpha value is -3.35. The number of fused-ring (bicyclic) bond motifs is 1. The average molecular weight is 660 g/mol. The molecule has 0 saturated carbocycles. The molecule has 4 heterocycles. The predicted molar refractivity (Wildman–Crippen MR) is 165 cm³/mol. The lowest BCUT2D eigenvalue weighted by atomic mass is 9.95. The van der Waals surface area contributed by atoms with Crippen molar-refractivity contribution in [2.75, 3.05) is 52.9 Å². The van der Waals surface area contributed by atoms with E-state index in [1.807, 2.05) is 12.1 Å². The molecule has 1 atom stereocenters. The van der Waals surface area contributed by atoms with Crippen LogP contribution in [0, 0.1) is 0 Å². The Morgan fingerprint density at radius 2 is 1.88 bits per heavy atom. The number of furan rings is 1. The molecule has 0 radical (unpaired) electrons. The maximum atomic E-state index is 14.0. The number of rotatable bonds is 8. The highest BCUT2D eigenvalue weighted by molar-refractivity contribution is 9.10. The molecule has 42 heavy (non-hydrogen) atoms. The van der Waals surface area contributed by atoms with E-state index in [4.69, 9.17) is 18.6 Å². The van der Waals surface area contributed by atoms with Gasteiger partial charge in [-0.2, -0.15) is 0 Å². The Kier molecular flexibility index (Phi) is 8.95. The number of benzene rings is 1. The molecule has 1 aromatic carbocycles. The van der Waals surface area contributed by atoms with Gasteiger partial charge >= 0.3 is 5.97 Å². The summed E-state index contributed by atoms with van der Waals surface area (Å²) in [5.41, 5.74) is 1.11. The number of piperidine rings is 1. The Labute approximate surface area is 256 Å². The molecule has 2 aromatic heterocycles. The van der Waals surface area contributed by atoms with Crippen molar-refractivity contribution in [1.82, 2.24) is 9.47 Å². The summed E-state index contributed by atoms with van der Waals surface area (Å²) < 4.78 is 25.2. The van der Waals surface area contributed by atoms with Crippen molar-refractivity contribution in [2.24, 2.45) is 4.99 Å². The van der Waals surface area contributed by atoms with Gasteiger partial charge in [0.15, 0.2) is 22.2 Å². The molecule has 3 aromatic rings. The van der Waals surface area contributed by atoms with Crippen molar-refractivity contribution in [1.29, 1.82) is 0 Å². The second-order valence-electron chi connectivity index (χ2n) is 10.4. The highest BCUT2D eigenvalue weighted by atomic mass is 79.9. The molecule has 0 spiro atoms. The van der Waals surface area contributed by atoms with Crippen LogP contribution in [0.4, 0.5) is 5.88 Å². The smallest absolute Gasteiger partial charge is 0.338 e. The first-order valence-electron chi connectivity index (χ1n) is 13.8. The number of halogens is 1. The first-order valence-corrected chi connectivity index (χ1v) is 15.4. The zero-order valence-electron chi connectivity index (χ0n) is 24.6. The summed E-state index contributed by atoms with van der Waals surface area (Å²) >= 11 is 4.88. The number of ether oxygens (including phenoxy) is 3. The van der Waals surface area contributed by atoms with Crippen LogP contribution in [0.3, 0.4) is 0 Å². The molecule has 0 amide bonds. The zero-order valence-corrected chi connectivity index (χ0v) is 27.0. The lowest BCUT2D eigenvalue weighted by molar-refractivity contribution is -0.139. The van der Waals surface area contributed by atoms with E-state index >= 15 is 0 Å². The number of methoxy groups -OCH3 is 2. The molecule has 5 rings (SSSR count). The van der Waals surface area contributed by atoms with Gasteiger partial charge in [0.05, 0.1) is 42.7 Å². The van der Waals surface area contributed by atoms with Crippen molar-refractivity contribution in [2.45, 2.75) is 38.8 Å². The molecule has 10 nitrogen and oxygen atoms in total. The van der Waals surface area contributed by atoms with Gasteiger partial charge in [0, 0.05) is 35.7 Å². The molecule has 224 valence electrons. The lowest BCUT2D eigenvalue weighted by Crippen LogP contribution is -2.41. The number of carbonyl (C=O) groups excluding carboxylic acids is 1. The second-order valence-corrected chi connectivity index (χ2v) is 12.3. The molecular weight excluding hydrogens is 624 g/mol. The first kappa shape index (κ1) is 30.1. The predicted octanol–water partition coefficient (Wildman–Crippen LogP) is 3.70. The number of nitrogens with zero attached hydrogens (tertiary/aromatic N) is 4. The number of hydrogen-bond donors (Lipinski definition) is 0. The number of esters is 1. The van der Waals surface area contributed by atoms with Gasteiger partial charge in [-0.3, -0.25) is 9.36 Å². The minimum Gasteiger partial charge on any atom is -0.493 e. The van der Waals surface area contributed by atoms with Gasteiger partial charge in [0.1, 0.15) is 5.76 Å². The maximum absolute atomic E-state index is 14.0. The number of aromatic nitrogens is 1. The molecule has 2 aliphatic heterocycles. The van der Waals surface area contributed by atoms with Gasteiger partial charge in [0.2, 0.25) is 0 Å². The quantitative estimate of drug-likeness (QED) is 0.338. The van der Waals surface area contributed by atoms with Crippen LogP contribution in [-0.4, -0.2) is 69.5 Å². The van der Waals surface area contributed by atoms with Crippen LogP contribution in [0.1, 0.15) is 44.1 Å². The maximum Gasteiger partial charge on any atom is 0.338 e. The SMILES string of the molecule is CCOC(=O)C1=C(C)N=c2s/c(=C\c3ccc(N4CCC(N(C)C)CC4)o3)c(=O)n2[C@@H]1c1cc(OC)c(OC)cc1Br. The van der Waals surface area contributed by atoms with Crippen LogP contribution in [0.25, 0.3) is 6.08 Å². The Balaban J connectivity index is 1.58. The van der Waals surface area contributed by atoms with Gasteiger partial charge in [-0.1, -0.05) is 27.3 Å². The number of carbonyl (C=O) groups is 1. The Morgan fingerprint density at radius 1 is 1.19 bits per heavy atom. The lowest BCUT2D eigenvalue weighted by Gasteiger charge is -2.35. The van der Waals surface area contributed by atoms with Crippen molar-refractivity contribution in [3.8, 4) is 11.5 Å². The monoisotopic (exact) mass is 658 g/mol. The van der Waals surface area contributed by atoms with Crippen LogP contribution in [-0.2, 0) is 9.53 Å². The summed E-state index contributed by atoms with van der Waals surface area (Å²) in [5, 5.41) is 0. The molecule has 0 unspecified atom stereocenters. The van der Waals surface area contributed by atoms with Gasteiger partial charge in [-0.25, -0.2) is 9.79 Å². The first-order chi connectivity index (χ1) is 20.2. The third-order valence-electron chi connectivity index (χ3n) is 7.71. The third-order valence-corrected chi connectivity index (χ3v) is 9.38. The summed E-state index contributed by atoms with van der Waals surface area (Å²) in [7, 11) is 7.32. The molecule has 0 N–H and O–H groups in total. The summed E-state index contributed by atoms with van der Waals surface area (Å²) in [4.78, 5) is 36.9. The minimum absolute atomic E-state index is 0.188. The number of allylic oxidation sites excluding steroid dienone is 1. The molecular formula is C30H35BrN4O6S. The molecule has 12 heteroatoms. The summed E-state index contributed by atoms with van der Waals surface area (Å²) in [5.74, 6) is 1.81. The topological polar surface area (TPSA) is 98.7 Å². The van der Waals surface area contributed by atoms with Crippen molar-refractivity contribution in [3.05, 3.63) is 71.0 Å². The fraction of sp³-hybridized carbons (Fsp3) is 0.433. The molecule has 1 saturated heterocycles. The van der Waals surface area contributed by atoms with E-state index in [-0.39, 0.29) is 17.7 Å². The Morgan fingerprint density at radius 3 is 2.52 bits per heavy atom. The van der Waals surface area contributed by atoms with E-state index in [1.54, 1.807) is 39.2 Å². The van der Waals surface area contributed by atoms with Crippen LogP contribution in [0.5, 0.6) is 11.5 Å². The van der Waals surface area contributed by atoms with Crippen LogP contribution < -0.4 is 29.3 Å². The van der Waals surface area contributed by atoms with Crippen molar-refractivity contribution < 1.29 is 23.4 Å². The normalized spacial score (nSPS) is 17.9. The largest absolute Gasteiger partial charge is 0.493 e. The van der Waals surface area contributed by atoms with Crippen LogP contribution >= 0.6 is 27.3 Å². The number of anilines is 1. The Bertz CT molecular complexity index is 1700. The van der Waals surface area contributed by atoms with E-state index < -0.39 is 12.0 Å². The highest BCUT2D eigenvalue weighted by Gasteiger charge is 2.35. The average Bonchev–Trinajstić information content (AvgIpc) is 3.56. The molecule has 0 aliphatic carbocycles. The van der Waals surface area contributed by atoms with Gasteiger partial charge in [-0.15, -0.1) is 0 Å². The van der Waals surface area contributed by atoms with E-state index in [9.17, 15) is 9.59 Å².